The summed E-state index contributed by atoms with van der Waals surface area (Å²) >= 11 is 0. The lowest BCUT2D eigenvalue weighted by atomic mass is 9.89. The molecular formula is C17H16N4O2. The van der Waals surface area contributed by atoms with E-state index >= 15 is 0 Å². The van der Waals surface area contributed by atoms with Crippen LogP contribution in [0.3, 0.4) is 0 Å². The van der Waals surface area contributed by atoms with Gasteiger partial charge < -0.3 is 10.1 Å². The van der Waals surface area contributed by atoms with Crippen LogP contribution in [0.2, 0.25) is 0 Å². The first-order valence-corrected chi connectivity index (χ1v) is 7.58. The third kappa shape index (κ3) is 2.14. The van der Waals surface area contributed by atoms with E-state index in [1.807, 2.05) is 31.2 Å². The molecule has 1 fully saturated rings. The lowest BCUT2D eigenvalue weighted by Gasteiger charge is -2.25. The maximum absolute atomic E-state index is 11.5. The summed E-state index contributed by atoms with van der Waals surface area (Å²) in [4.78, 5) is 15.8. The Balaban J connectivity index is 1.83. The van der Waals surface area contributed by atoms with Crippen LogP contribution in [0.5, 0.6) is 0 Å². The molecule has 1 aliphatic rings. The maximum atomic E-state index is 11.5. The van der Waals surface area contributed by atoms with Gasteiger partial charge in [0.15, 0.2) is 11.2 Å². The number of cyclic esters (lactones) is 1. The molecule has 0 saturated carbocycles. The van der Waals surface area contributed by atoms with E-state index in [1.54, 1.807) is 12.4 Å². The van der Waals surface area contributed by atoms with Crippen molar-refractivity contribution in [1.29, 1.82) is 0 Å². The highest BCUT2D eigenvalue weighted by molar-refractivity contribution is 5.92. The van der Waals surface area contributed by atoms with E-state index < -0.39 is 5.60 Å². The van der Waals surface area contributed by atoms with Gasteiger partial charge in [0, 0.05) is 11.6 Å². The van der Waals surface area contributed by atoms with Crippen molar-refractivity contribution in [1.82, 2.24) is 20.5 Å². The molecule has 1 unspecified atom stereocenters. The lowest BCUT2D eigenvalue weighted by molar-refractivity contribution is 0.0512. The first-order chi connectivity index (χ1) is 11.2. The third-order valence-electron chi connectivity index (χ3n) is 4.43. The van der Waals surface area contributed by atoms with Crippen LogP contribution in [0.25, 0.3) is 22.2 Å². The summed E-state index contributed by atoms with van der Waals surface area (Å²) in [6, 6.07) is 10.1. The fourth-order valence-electron chi connectivity index (χ4n) is 3.10. The minimum Gasteiger partial charge on any atom is -0.436 e. The number of H-pyrrole nitrogens is 1. The summed E-state index contributed by atoms with van der Waals surface area (Å²) in [5, 5.41) is 10.7. The fourth-order valence-corrected chi connectivity index (χ4v) is 3.10. The van der Waals surface area contributed by atoms with Crippen molar-refractivity contribution in [2.45, 2.75) is 18.9 Å². The van der Waals surface area contributed by atoms with Gasteiger partial charge in [-0.15, -0.1) is 0 Å². The zero-order chi connectivity index (χ0) is 15.9. The molecule has 1 aromatic carbocycles. The van der Waals surface area contributed by atoms with Crippen molar-refractivity contribution in [3.63, 3.8) is 0 Å². The number of carbonyl (C=O) groups is 1. The van der Waals surface area contributed by atoms with Gasteiger partial charge >= 0.3 is 6.09 Å². The van der Waals surface area contributed by atoms with Gasteiger partial charge in [-0.1, -0.05) is 25.1 Å². The largest absolute Gasteiger partial charge is 0.436 e. The van der Waals surface area contributed by atoms with Crippen LogP contribution in [0.15, 0.2) is 42.7 Å². The van der Waals surface area contributed by atoms with E-state index in [4.69, 9.17) is 4.74 Å². The van der Waals surface area contributed by atoms with Crippen LogP contribution in [-0.2, 0) is 10.3 Å². The number of hydrogen-bond donors (Lipinski definition) is 2. The van der Waals surface area contributed by atoms with E-state index in [0.29, 0.717) is 13.0 Å². The quantitative estimate of drug-likeness (QED) is 0.779. The molecule has 3 aromatic rings. The number of pyridine rings is 1. The summed E-state index contributed by atoms with van der Waals surface area (Å²) in [5.74, 6) is 0. The van der Waals surface area contributed by atoms with Gasteiger partial charge in [0.1, 0.15) is 0 Å². The number of nitrogens with one attached hydrogen (secondary N) is 2. The Bertz CT molecular complexity index is 889. The number of aromatic nitrogens is 3. The number of benzene rings is 1. The second kappa shape index (κ2) is 5.08. The van der Waals surface area contributed by atoms with Gasteiger partial charge in [-0.3, -0.25) is 5.10 Å². The monoisotopic (exact) mass is 308 g/mol. The fraction of sp³-hybridized carbons (Fsp3) is 0.235. The molecule has 0 aliphatic carbocycles. The molecule has 23 heavy (non-hydrogen) atoms. The lowest BCUT2D eigenvalue weighted by Crippen LogP contribution is -2.29. The second-order valence-corrected chi connectivity index (χ2v) is 5.66. The van der Waals surface area contributed by atoms with Crippen molar-refractivity contribution in [3.8, 4) is 11.1 Å². The highest BCUT2D eigenvalue weighted by atomic mass is 16.6. The number of hydrogen-bond acceptors (Lipinski definition) is 4. The molecule has 1 atom stereocenters. The summed E-state index contributed by atoms with van der Waals surface area (Å²) in [7, 11) is 0. The SMILES string of the molecule is CCC1(c2cccc(-c3ccnc4[nH]ncc34)c2)CNC(=O)O1. The topological polar surface area (TPSA) is 79.9 Å². The van der Waals surface area contributed by atoms with Crippen LogP contribution in [0.1, 0.15) is 18.9 Å². The van der Waals surface area contributed by atoms with Crippen LogP contribution in [0.4, 0.5) is 4.79 Å². The maximum Gasteiger partial charge on any atom is 0.408 e. The molecule has 0 bridgehead atoms. The van der Waals surface area contributed by atoms with Crippen LogP contribution in [-0.4, -0.2) is 27.8 Å². The Labute approximate surface area is 132 Å². The van der Waals surface area contributed by atoms with Crippen LogP contribution < -0.4 is 5.32 Å². The number of carbonyl (C=O) groups excluding carboxylic acids is 1. The van der Waals surface area contributed by atoms with Gasteiger partial charge in [0.2, 0.25) is 0 Å². The Morgan fingerprint density at radius 3 is 3.04 bits per heavy atom. The Morgan fingerprint density at radius 2 is 2.26 bits per heavy atom. The van der Waals surface area contributed by atoms with E-state index in [2.05, 4.69) is 26.6 Å². The average molecular weight is 308 g/mol. The molecule has 6 nitrogen and oxygen atoms in total. The number of nitrogens with zero attached hydrogens (tertiary/aromatic N) is 2. The van der Waals surface area contributed by atoms with Crippen molar-refractivity contribution in [2.75, 3.05) is 6.54 Å². The molecule has 1 amide bonds. The van der Waals surface area contributed by atoms with Crippen molar-refractivity contribution < 1.29 is 9.53 Å². The highest BCUT2D eigenvalue weighted by Gasteiger charge is 2.40. The van der Waals surface area contributed by atoms with Crippen molar-refractivity contribution in [3.05, 3.63) is 48.3 Å². The molecular weight excluding hydrogens is 292 g/mol. The first kappa shape index (κ1) is 13.8. The van der Waals surface area contributed by atoms with E-state index in [9.17, 15) is 4.79 Å². The van der Waals surface area contributed by atoms with Gasteiger partial charge in [-0.05, 0) is 35.2 Å². The number of alkyl carbamates (subject to hydrolysis) is 1. The molecule has 3 heterocycles. The van der Waals surface area contributed by atoms with Gasteiger partial charge in [-0.25, -0.2) is 9.78 Å². The molecule has 6 heteroatoms. The molecule has 0 spiro atoms. The minimum absolute atomic E-state index is 0.363. The standard InChI is InChI=1S/C17H16N4O2/c1-2-17(10-19-16(22)23-17)12-5-3-4-11(8-12)13-6-7-18-15-14(13)9-20-21-15/h3-9H,2,10H2,1H3,(H,19,22)(H,18,20,21). The molecule has 1 aliphatic heterocycles. The molecule has 0 radical (unpaired) electrons. The normalized spacial score (nSPS) is 20.5. The van der Waals surface area contributed by atoms with E-state index in [1.165, 1.54) is 0 Å². The number of ether oxygens (including phenoxy) is 1. The number of amides is 1. The third-order valence-corrected chi connectivity index (χ3v) is 4.43. The second-order valence-electron chi connectivity index (χ2n) is 5.66. The summed E-state index contributed by atoms with van der Waals surface area (Å²) < 4.78 is 5.57. The summed E-state index contributed by atoms with van der Waals surface area (Å²) in [6.07, 6.45) is 3.89. The summed E-state index contributed by atoms with van der Waals surface area (Å²) in [5.41, 5.74) is 3.24. The van der Waals surface area contributed by atoms with E-state index in [-0.39, 0.29) is 6.09 Å². The average Bonchev–Trinajstić information content (AvgIpc) is 3.21. The van der Waals surface area contributed by atoms with Crippen molar-refractivity contribution >= 4 is 17.1 Å². The predicted octanol–water partition coefficient (Wildman–Crippen LogP) is 2.97. The molecule has 2 aromatic heterocycles. The van der Waals surface area contributed by atoms with Crippen molar-refractivity contribution in [2.24, 2.45) is 0 Å². The molecule has 1 saturated heterocycles. The Kier molecular flexibility index (Phi) is 3.04. The smallest absolute Gasteiger partial charge is 0.408 e. The number of rotatable bonds is 3. The highest BCUT2D eigenvalue weighted by Crippen LogP contribution is 2.35. The number of fused-ring (bicyclic) bond motifs is 1. The Morgan fingerprint density at radius 1 is 1.35 bits per heavy atom. The number of aromatic amines is 1. The van der Waals surface area contributed by atoms with Gasteiger partial charge in [-0.2, -0.15) is 5.10 Å². The first-order valence-electron chi connectivity index (χ1n) is 7.58. The predicted molar refractivity (Wildman–Crippen MR) is 85.8 cm³/mol. The van der Waals surface area contributed by atoms with Crippen LogP contribution >= 0.6 is 0 Å². The molecule has 2 N–H and O–H groups in total. The molecule has 116 valence electrons. The zero-order valence-electron chi connectivity index (χ0n) is 12.7. The zero-order valence-corrected chi connectivity index (χ0v) is 12.7. The van der Waals surface area contributed by atoms with Gasteiger partial charge in [0.05, 0.1) is 12.7 Å². The summed E-state index contributed by atoms with van der Waals surface area (Å²) in [6.45, 7) is 2.51. The van der Waals surface area contributed by atoms with Crippen LogP contribution in [0, 0.1) is 0 Å². The van der Waals surface area contributed by atoms with E-state index in [0.717, 1.165) is 27.7 Å². The minimum atomic E-state index is -0.602. The van der Waals surface area contributed by atoms with Gasteiger partial charge in [0.25, 0.3) is 0 Å². The Hall–Kier alpha value is -2.89. The molecule has 4 rings (SSSR count).